The van der Waals surface area contributed by atoms with E-state index >= 15 is 0 Å². The number of hydrogen-bond acceptors (Lipinski definition) is 2. The lowest BCUT2D eigenvalue weighted by molar-refractivity contribution is -0.135. The topological polar surface area (TPSA) is 49.4 Å². The summed E-state index contributed by atoms with van der Waals surface area (Å²) < 4.78 is 0. The summed E-state index contributed by atoms with van der Waals surface area (Å²) in [7, 11) is 0. The Bertz CT molecular complexity index is 356. The fraction of sp³-hybridized carbons (Fsp3) is 0.867. The maximum Gasteiger partial charge on any atom is 0.222 e. The maximum atomic E-state index is 12.4. The highest BCUT2D eigenvalue weighted by molar-refractivity contribution is 5.80. The van der Waals surface area contributed by atoms with E-state index in [4.69, 9.17) is 0 Å². The molecule has 2 fully saturated rings. The highest BCUT2D eigenvalue weighted by Gasteiger charge is 2.34. The molecule has 0 aliphatic carbocycles. The molecule has 2 atom stereocenters. The molecular weight excluding hydrogens is 240 g/mol. The zero-order valence-corrected chi connectivity index (χ0v) is 12.2. The lowest BCUT2D eigenvalue weighted by Crippen LogP contribution is -2.45. The van der Waals surface area contributed by atoms with Gasteiger partial charge in [0.25, 0.3) is 0 Å². The fourth-order valence-corrected chi connectivity index (χ4v) is 3.32. The van der Waals surface area contributed by atoms with E-state index in [9.17, 15) is 9.59 Å². The van der Waals surface area contributed by atoms with Gasteiger partial charge in [0.15, 0.2) is 0 Å². The summed E-state index contributed by atoms with van der Waals surface area (Å²) in [5.74, 6) is 0.397. The van der Waals surface area contributed by atoms with Crippen LogP contribution >= 0.6 is 0 Å². The Kier molecular flexibility index (Phi) is 4.48. The van der Waals surface area contributed by atoms with Crippen LogP contribution in [0.2, 0.25) is 0 Å². The minimum atomic E-state index is -0.162. The van der Waals surface area contributed by atoms with Gasteiger partial charge in [0.05, 0.1) is 0 Å². The fourth-order valence-electron chi connectivity index (χ4n) is 3.32. The predicted molar refractivity (Wildman–Crippen MR) is 74.7 cm³/mol. The first-order valence-corrected chi connectivity index (χ1v) is 7.64. The predicted octanol–water partition coefficient (Wildman–Crippen LogP) is 2.23. The molecule has 0 spiro atoms. The molecule has 2 aliphatic rings. The van der Waals surface area contributed by atoms with Crippen LogP contribution in [0.15, 0.2) is 0 Å². The molecule has 1 N–H and O–H groups in total. The van der Waals surface area contributed by atoms with Crippen LogP contribution < -0.4 is 5.32 Å². The van der Waals surface area contributed by atoms with Crippen LogP contribution in [-0.2, 0) is 9.59 Å². The molecule has 0 aromatic heterocycles. The van der Waals surface area contributed by atoms with Crippen molar-refractivity contribution >= 4 is 11.8 Å². The van der Waals surface area contributed by atoms with Gasteiger partial charge in [-0.15, -0.1) is 0 Å². The maximum absolute atomic E-state index is 12.4. The third kappa shape index (κ3) is 3.48. The second-order valence-corrected chi connectivity index (χ2v) is 6.25. The summed E-state index contributed by atoms with van der Waals surface area (Å²) in [6.45, 7) is 5.13. The molecule has 0 radical (unpaired) electrons. The third-order valence-electron chi connectivity index (χ3n) is 4.65. The number of rotatable bonds is 4. The number of nitrogens with zero attached hydrogens (tertiary/aromatic N) is 1. The smallest absolute Gasteiger partial charge is 0.222 e. The summed E-state index contributed by atoms with van der Waals surface area (Å²) >= 11 is 0. The van der Waals surface area contributed by atoms with E-state index in [1.807, 2.05) is 0 Å². The van der Waals surface area contributed by atoms with Crippen molar-refractivity contribution in [3.8, 4) is 0 Å². The van der Waals surface area contributed by atoms with Gasteiger partial charge >= 0.3 is 0 Å². The third-order valence-corrected chi connectivity index (χ3v) is 4.65. The van der Waals surface area contributed by atoms with E-state index in [2.05, 4.69) is 24.1 Å². The molecule has 2 saturated heterocycles. The molecule has 0 bridgehead atoms. The number of carbonyl (C=O) groups is 2. The first-order valence-electron chi connectivity index (χ1n) is 7.64. The average molecular weight is 266 g/mol. The molecule has 0 unspecified atom stereocenters. The highest BCUT2D eigenvalue weighted by Crippen LogP contribution is 2.26. The van der Waals surface area contributed by atoms with Gasteiger partial charge in [-0.25, -0.2) is 0 Å². The van der Waals surface area contributed by atoms with Crippen molar-refractivity contribution in [2.75, 3.05) is 6.54 Å². The summed E-state index contributed by atoms with van der Waals surface area (Å²) in [4.78, 5) is 25.7. The molecule has 0 aromatic carbocycles. The first kappa shape index (κ1) is 14.4. The van der Waals surface area contributed by atoms with E-state index in [-0.39, 0.29) is 17.4 Å². The van der Waals surface area contributed by atoms with Gasteiger partial charge in [-0.05, 0) is 45.4 Å². The Morgan fingerprint density at radius 2 is 2.26 bits per heavy atom. The lowest BCUT2D eigenvalue weighted by atomic mass is 9.93. The Labute approximate surface area is 115 Å². The van der Waals surface area contributed by atoms with Gasteiger partial charge in [-0.3, -0.25) is 9.59 Å². The van der Waals surface area contributed by atoms with Crippen LogP contribution in [0, 0.1) is 0 Å². The van der Waals surface area contributed by atoms with Crippen molar-refractivity contribution < 1.29 is 9.59 Å². The van der Waals surface area contributed by atoms with E-state index in [0.29, 0.717) is 18.9 Å². The minimum Gasteiger partial charge on any atom is -0.351 e. The van der Waals surface area contributed by atoms with Gasteiger partial charge in [-0.1, -0.05) is 6.92 Å². The zero-order chi connectivity index (χ0) is 13.9. The Morgan fingerprint density at radius 3 is 2.89 bits per heavy atom. The Morgan fingerprint density at radius 1 is 1.47 bits per heavy atom. The van der Waals surface area contributed by atoms with Crippen LogP contribution in [0.5, 0.6) is 0 Å². The number of piperidine rings is 1. The molecule has 2 rings (SSSR count). The standard InChI is InChI=1S/C15H26N2O2/c1-3-12-6-4-5-11-17(12)14(19)8-10-15(2)9-7-13(18)16-15/h12H,3-11H2,1-2H3,(H,16,18)/t12-,15+/m0/s1. The second-order valence-electron chi connectivity index (χ2n) is 6.25. The van der Waals surface area contributed by atoms with E-state index in [1.165, 1.54) is 6.42 Å². The van der Waals surface area contributed by atoms with Crippen LogP contribution in [0.25, 0.3) is 0 Å². The number of carbonyl (C=O) groups excluding carboxylic acids is 2. The molecule has 2 aliphatic heterocycles. The lowest BCUT2D eigenvalue weighted by Gasteiger charge is -2.36. The minimum absolute atomic E-state index is 0.124. The normalized spacial score (nSPS) is 31.4. The molecule has 4 heteroatoms. The molecule has 108 valence electrons. The number of amides is 2. The van der Waals surface area contributed by atoms with E-state index in [0.717, 1.165) is 38.6 Å². The Hall–Kier alpha value is -1.06. The van der Waals surface area contributed by atoms with Crippen LogP contribution in [0.1, 0.15) is 65.2 Å². The largest absolute Gasteiger partial charge is 0.351 e. The summed E-state index contributed by atoms with van der Waals surface area (Å²) in [6.07, 6.45) is 7.38. The number of nitrogens with one attached hydrogen (secondary N) is 1. The molecular formula is C15H26N2O2. The van der Waals surface area contributed by atoms with Crippen molar-refractivity contribution in [1.82, 2.24) is 10.2 Å². The highest BCUT2D eigenvalue weighted by atomic mass is 16.2. The molecule has 0 aromatic rings. The first-order chi connectivity index (χ1) is 9.04. The molecule has 2 heterocycles. The number of hydrogen-bond donors (Lipinski definition) is 1. The van der Waals surface area contributed by atoms with E-state index in [1.54, 1.807) is 0 Å². The Balaban J connectivity index is 1.85. The summed E-state index contributed by atoms with van der Waals surface area (Å²) in [5, 5.41) is 3.00. The second kappa shape index (κ2) is 5.93. The average Bonchev–Trinajstić information content (AvgIpc) is 2.76. The van der Waals surface area contributed by atoms with Gasteiger partial charge < -0.3 is 10.2 Å². The molecule has 2 amide bonds. The van der Waals surface area contributed by atoms with Crippen molar-refractivity contribution in [1.29, 1.82) is 0 Å². The van der Waals surface area contributed by atoms with Crippen molar-refractivity contribution in [2.45, 2.75) is 76.8 Å². The summed E-state index contributed by atoms with van der Waals surface area (Å²) in [5.41, 5.74) is -0.162. The van der Waals surface area contributed by atoms with Crippen LogP contribution in [0.4, 0.5) is 0 Å². The summed E-state index contributed by atoms with van der Waals surface area (Å²) in [6, 6.07) is 0.437. The van der Waals surface area contributed by atoms with Gasteiger partial charge in [0.2, 0.25) is 11.8 Å². The van der Waals surface area contributed by atoms with Gasteiger partial charge in [0.1, 0.15) is 0 Å². The van der Waals surface area contributed by atoms with Crippen molar-refractivity contribution in [2.24, 2.45) is 0 Å². The van der Waals surface area contributed by atoms with Crippen LogP contribution in [0.3, 0.4) is 0 Å². The van der Waals surface area contributed by atoms with Crippen LogP contribution in [-0.4, -0.2) is 34.8 Å². The van der Waals surface area contributed by atoms with Crippen molar-refractivity contribution in [3.63, 3.8) is 0 Å². The molecule has 4 nitrogen and oxygen atoms in total. The van der Waals surface area contributed by atoms with Gasteiger partial charge in [-0.2, -0.15) is 0 Å². The number of likely N-dealkylation sites (tertiary alicyclic amines) is 1. The monoisotopic (exact) mass is 266 g/mol. The molecule has 19 heavy (non-hydrogen) atoms. The quantitative estimate of drug-likeness (QED) is 0.848. The van der Waals surface area contributed by atoms with Gasteiger partial charge in [0, 0.05) is 31.0 Å². The molecule has 0 saturated carbocycles. The van der Waals surface area contributed by atoms with Crippen molar-refractivity contribution in [3.05, 3.63) is 0 Å². The SMILES string of the molecule is CC[C@H]1CCCCN1C(=O)CC[C@@]1(C)CCC(=O)N1. The zero-order valence-electron chi connectivity index (χ0n) is 12.2. The van der Waals surface area contributed by atoms with E-state index < -0.39 is 0 Å².